The molecule has 2 aromatic carbocycles. The van der Waals surface area contributed by atoms with Gasteiger partial charge in [-0.3, -0.25) is 4.98 Å². The largest absolute Gasteiger partial charge is 0.506 e. The van der Waals surface area contributed by atoms with Crippen molar-refractivity contribution in [3.8, 4) is 11.4 Å². The first-order valence-corrected chi connectivity index (χ1v) is 11.5. The number of aryl methyl sites for hydroxylation is 2. The van der Waals surface area contributed by atoms with Gasteiger partial charge in [-0.2, -0.15) is 0 Å². The lowest BCUT2D eigenvalue weighted by Crippen LogP contribution is -2.30. The van der Waals surface area contributed by atoms with Gasteiger partial charge in [0.2, 0.25) is 0 Å². The van der Waals surface area contributed by atoms with E-state index in [2.05, 4.69) is 53.0 Å². The maximum Gasteiger partial charge on any atom is 0.174 e. The maximum absolute atomic E-state index is 10.7. The number of halogens is 1. The van der Waals surface area contributed by atoms with Crippen molar-refractivity contribution in [2.75, 3.05) is 4.90 Å². The molecule has 1 aliphatic heterocycles. The van der Waals surface area contributed by atoms with E-state index in [0.29, 0.717) is 15.8 Å². The van der Waals surface area contributed by atoms with E-state index < -0.39 is 0 Å². The van der Waals surface area contributed by atoms with Gasteiger partial charge in [0.15, 0.2) is 5.11 Å². The molecule has 0 saturated carbocycles. The minimum absolute atomic E-state index is 0.111. The summed E-state index contributed by atoms with van der Waals surface area (Å²) in [6, 6.07) is 20.9. The summed E-state index contributed by atoms with van der Waals surface area (Å²) < 4.78 is 2.16. The Balaban J connectivity index is 1.70. The average Bonchev–Trinajstić information content (AvgIpc) is 3.42. The predicted octanol–water partition coefficient (Wildman–Crippen LogP) is 6.03. The number of thiocarbonyl (C=S) groups is 1. The monoisotopic (exact) mass is 474 g/mol. The van der Waals surface area contributed by atoms with Crippen LogP contribution >= 0.6 is 23.8 Å². The van der Waals surface area contributed by atoms with Crippen molar-refractivity contribution < 1.29 is 5.11 Å². The third-order valence-corrected chi connectivity index (χ3v) is 6.70. The van der Waals surface area contributed by atoms with E-state index in [0.717, 1.165) is 17.1 Å². The van der Waals surface area contributed by atoms with Crippen LogP contribution in [0.15, 0.2) is 79.1 Å². The fourth-order valence-corrected chi connectivity index (χ4v) is 4.86. The smallest absolute Gasteiger partial charge is 0.174 e. The SMILES string of the molecule is Cc1ccc(-n2cccc2C2C(c3ccccn3)NC(=S)N2c2cc(Cl)ccc2O)cc1C. The van der Waals surface area contributed by atoms with E-state index in [4.69, 9.17) is 23.8 Å². The number of pyridine rings is 1. The lowest BCUT2D eigenvalue weighted by molar-refractivity contribution is 0.472. The Labute approximate surface area is 203 Å². The molecule has 0 bridgehead atoms. The van der Waals surface area contributed by atoms with Gasteiger partial charge in [-0.05, 0) is 91.8 Å². The number of nitrogens with one attached hydrogen (secondary N) is 1. The number of phenols is 1. The van der Waals surface area contributed by atoms with Gasteiger partial charge < -0.3 is 19.9 Å². The molecule has 0 aliphatic carbocycles. The number of aromatic nitrogens is 2. The first kappa shape index (κ1) is 21.5. The molecule has 0 amide bonds. The third-order valence-electron chi connectivity index (χ3n) is 6.15. The zero-order valence-electron chi connectivity index (χ0n) is 18.2. The molecule has 7 heteroatoms. The van der Waals surface area contributed by atoms with Gasteiger partial charge >= 0.3 is 0 Å². The zero-order valence-corrected chi connectivity index (χ0v) is 19.8. The Kier molecular flexibility index (Phi) is 5.56. The molecule has 33 heavy (non-hydrogen) atoms. The summed E-state index contributed by atoms with van der Waals surface area (Å²) in [4.78, 5) is 6.54. The molecule has 1 fully saturated rings. The maximum atomic E-state index is 10.7. The van der Waals surface area contributed by atoms with Crippen LogP contribution in [0.3, 0.4) is 0 Å². The van der Waals surface area contributed by atoms with Gasteiger partial charge in [-0.1, -0.05) is 23.7 Å². The highest BCUT2D eigenvalue weighted by Crippen LogP contribution is 2.45. The minimum atomic E-state index is -0.270. The number of hydrogen-bond acceptors (Lipinski definition) is 3. The number of hydrogen-bond donors (Lipinski definition) is 2. The molecule has 0 spiro atoms. The first-order valence-electron chi connectivity index (χ1n) is 10.7. The van der Waals surface area contributed by atoms with E-state index in [1.807, 2.05) is 35.4 Å². The molecule has 1 saturated heterocycles. The van der Waals surface area contributed by atoms with Crippen molar-refractivity contribution in [1.82, 2.24) is 14.9 Å². The van der Waals surface area contributed by atoms with Crippen molar-refractivity contribution in [1.29, 1.82) is 0 Å². The van der Waals surface area contributed by atoms with Crippen LogP contribution < -0.4 is 10.2 Å². The Morgan fingerprint density at radius 2 is 1.85 bits per heavy atom. The van der Waals surface area contributed by atoms with Crippen LogP contribution in [-0.2, 0) is 0 Å². The number of benzene rings is 2. The molecule has 3 heterocycles. The van der Waals surface area contributed by atoms with Gasteiger partial charge in [0.1, 0.15) is 11.8 Å². The summed E-state index contributed by atoms with van der Waals surface area (Å²) in [7, 11) is 0. The number of nitrogens with zero attached hydrogens (tertiary/aromatic N) is 3. The molecule has 166 valence electrons. The van der Waals surface area contributed by atoms with Crippen LogP contribution in [-0.4, -0.2) is 19.8 Å². The Morgan fingerprint density at radius 3 is 2.61 bits per heavy atom. The molecule has 0 radical (unpaired) electrons. The second-order valence-electron chi connectivity index (χ2n) is 8.20. The van der Waals surface area contributed by atoms with E-state index in [1.54, 1.807) is 24.4 Å². The molecular weight excluding hydrogens is 452 g/mol. The van der Waals surface area contributed by atoms with E-state index >= 15 is 0 Å². The van der Waals surface area contributed by atoms with Gasteiger partial charge in [0.05, 0.1) is 17.4 Å². The number of anilines is 1. The molecule has 2 atom stereocenters. The summed E-state index contributed by atoms with van der Waals surface area (Å²) in [5.41, 5.74) is 5.95. The average molecular weight is 475 g/mol. The van der Waals surface area contributed by atoms with Crippen LogP contribution in [0.25, 0.3) is 5.69 Å². The molecular formula is C26H23ClN4OS. The van der Waals surface area contributed by atoms with Crippen molar-refractivity contribution in [3.63, 3.8) is 0 Å². The Hall–Kier alpha value is -3.35. The highest BCUT2D eigenvalue weighted by atomic mass is 35.5. The summed E-state index contributed by atoms with van der Waals surface area (Å²) in [5.74, 6) is 0.111. The van der Waals surface area contributed by atoms with Gasteiger partial charge in [-0.15, -0.1) is 0 Å². The van der Waals surface area contributed by atoms with Gasteiger partial charge in [0, 0.05) is 28.8 Å². The Bertz CT molecular complexity index is 1340. The second kappa shape index (κ2) is 8.54. The molecule has 2 aromatic heterocycles. The quantitative estimate of drug-likeness (QED) is 0.354. The summed E-state index contributed by atoms with van der Waals surface area (Å²) in [6.45, 7) is 4.22. The second-order valence-corrected chi connectivity index (χ2v) is 9.02. The molecule has 5 nitrogen and oxygen atoms in total. The van der Waals surface area contributed by atoms with Crippen molar-refractivity contribution in [2.45, 2.75) is 25.9 Å². The standard InChI is InChI=1S/C26H23ClN4OS/c1-16-8-10-19(14-17(16)2)30-13-5-7-21(30)25-24(20-6-3-4-12-28-20)29-26(33)31(25)22-15-18(27)9-11-23(22)32/h3-15,24-25,32H,1-2H3,(H,29,33). The molecule has 2 unspecified atom stereocenters. The first-order chi connectivity index (χ1) is 15.9. The van der Waals surface area contributed by atoms with Crippen molar-refractivity contribution >= 4 is 34.6 Å². The highest BCUT2D eigenvalue weighted by molar-refractivity contribution is 7.80. The van der Waals surface area contributed by atoms with E-state index in [1.165, 1.54) is 11.1 Å². The van der Waals surface area contributed by atoms with Crippen LogP contribution in [0.2, 0.25) is 5.02 Å². The van der Waals surface area contributed by atoms with Crippen molar-refractivity contribution in [2.24, 2.45) is 0 Å². The number of rotatable bonds is 4. The zero-order chi connectivity index (χ0) is 23.1. The van der Waals surface area contributed by atoms with Crippen LogP contribution in [0.5, 0.6) is 5.75 Å². The lowest BCUT2D eigenvalue weighted by Gasteiger charge is -2.29. The fraction of sp³-hybridized carbons (Fsp3) is 0.154. The molecule has 1 aliphatic rings. The van der Waals surface area contributed by atoms with E-state index in [-0.39, 0.29) is 17.8 Å². The topological polar surface area (TPSA) is 53.3 Å². The fourth-order valence-electron chi connectivity index (χ4n) is 4.35. The minimum Gasteiger partial charge on any atom is -0.506 e. The van der Waals surface area contributed by atoms with E-state index in [9.17, 15) is 5.11 Å². The number of aromatic hydroxyl groups is 1. The Morgan fingerprint density at radius 1 is 1.00 bits per heavy atom. The number of phenolic OH excluding ortho intramolecular Hbond substituents is 1. The third kappa shape index (κ3) is 3.86. The summed E-state index contributed by atoms with van der Waals surface area (Å²) in [6.07, 6.45) is 3.82. The summed E-state index contributed by atoms with van der Waals surface area (Å²) in [5, 5.41) is 15.2. The van der Waals surface area contributed by atoms with Crippen LogP contribution in [0.1, 0.15) is 34.6 Å². The van der Waals surface area contributed by atoms with Gasteiger partial charge in [-0.25, -0.2) is 0 Å². The molecule has 4 aromatic rings. The summed E-state index contributed by atoms with van der Waals surface area (Å²) >= 11 is 12.1. The molecule has 2 N–H and O–H groups in total. The normalized spacial score (nSPS) is 17.9. The molecule has 5 rings (SSSR count). The highest BCUT2D eigenvalue weighted by Gasteiger charge is 2.43. The van der Waals surface area contributed by atoms with Gasteiger partial charge in [0.25, 0.3) is 0 Å². The van der Waals surface area contributed by atoms with Crippen LogP contribution in [0.4, 0.5) is 5.69 Å². The van der Waals surface area contributed by atoms with Crippen LogP contribution in [0, 0.1) is 13.8 Å². The lowest BCUT2D eigenvalue weighted by atomic mass is 10.0. The predicted molar refractivity (Wildman–Crippen MR) is 136 cm³/mol. The van der Waals surface area contributed by atoms with Crippen molar-refractivity contribution in [3.05, 3.63) is 107 Å².